The van der Waals surface area contributed by atoms with E-state index < -0.39 is 22.6 Å². The Morgan fingerprint density at radius 1 is 1.21 bits per heavy atom. The highest BCUT2D eigenvalue weighted by molar-refractivity contribution is 5.97. The van der Waals surface area contributed by atoms with Gasteiger partial charge in [0.25, 0.3) is 5.69 Å². The summed E-state index contributed by atoms with van der Waals surface area (Å²) >= 11 is 0. The van der Waals surface area contributed by atoms with Gasteiger partial charge in [0.2, 0.25) is 0 Å². The topological polar surface area (TPSA) is 101 Å². The molecule has 2 aromatic rings. The molecule has 1 aromatic carbocycles. The van der Waals surface area contributed by atoms with Crippen LogP contribution in [-0.2, 0) is 9.53 Å². The van der Waals surface area contributed by atoms with E-state index in [1.165, 1.54) is 13.0 Å². The first kappa shape index (κ1) is 17.5. The second-order valence-corrected chi connectivity index (χ2v) is 6.33. The lowest BCUT2D eigenvalue weighted by Gasteiger charge is -2.20. The smallest absolute Gasteiger partial charge is 0.419 e. The first-order valence-electron chi connectivity index (χ1n) is 7.22. The van der Waals surface area contributed by atoms with Crippen LogP contribution in [0, 0.1) is 17.0 Å². The van der Waals surface area contributed by atoms with Gasteiger partial charge in [-0.2, -0.15) is 0 Å². The molecule has 1 heterocycles. The Bertz CT molecular complexity index is 844. The van der Waals surface area contributed by atoms with E-state index in [-0.39, 0.29) is 17.0 Å². The van der Waals surface area contributed by atoms with Crippen LogP contribution in [0.2, 0.25) is 0 Å². The quantitative estimate of drug-likeness (QED) is 0.360. The lowest BCUT2D eigenvalue weighted by Crippen LogP contribution is -2.27. The van der Waals surface area contributed by atoms with Crippen LogP contribution >= 0.6 is 0 Å². The van der Waals surface area contributed by atoms with Crippen molar-refractivity contribution >= 4 is 28.7 Å². The average Bonchev–Trinajstić information content (AvgIpc) is 2.70. The highest BCUT2D eigenvalue weighted by atomic mass is 16.6. The van der Waals surface area contributed by atoms with E-state index in [0.29, 0.717) is 11.1 Å². The maximum absolute atomic E-state index is 12.4. The van der Waals surface area contributed by atoms with Gasteiger partial charge in [0, 0.05) is 18.0 Å². The molecule has 0 saturated heterocycles. The number of non-ortho nitro benzene ring substituents is 1. The molecule has 0 aliphatic rings. The summed E-state index contributed by atoms with van der Waals surface area (Å²) in [4.78, 5) is 34.3. The number of aromatic nitrogens is 1. The summed E-state index contributed by atoms with van der Waals surface area (Å²) < 4.78 is 11.4. The Kier molecular flexibility index (Phi) is 4.33. The summed E-state index contributed by atoms with van der Waals surface area (Å²) in [6.07, 6.45) is -0.710. The molecular formula is C16H18N2O6. The predicted molar refractivity (Wildman–Crippen MR) is 86.3 cm³/mol. The number of nitrogens with zero attached hydrogens (tertiary/aromatic N) is 2. The third kappa shape index (κ3) is 3.53. The van der Waals surface area contributed by atoms with Gasteiger partial charge in [-0.1, -0.05) is 0 Å². The molecule has 0 fully saturated rings. The number of hydrogen-bond acceptors (Lipinski definition) is 6. The molecule has 0 saturated carbocycles. The number of aryl methyl sites for hydroxylation is 1. The fraction of sp³-hybridized carbons (Fsp3) is 0.375. The predicted octanol–water partition coefficient (Wildman–Crippen LogP) is 3.57. The molecule has 0 unspecified atom stereocenters. The average molecular weight is 334 g/mol. The van der Waals surface area contributed by atoms with Gasteiger partial charge in [-0.15, -0.1) is 0 Å². The van der Waals surface area contributed by atoms with E-state index in [4.69, 9.17) is 9.47 Å². The van der Waals surface area contributed by atoms with E-state index >= 15 is 0 Å². The number of hydrogen-bond donors (Lipinski definition) is 0. The molecule has 0 bridgehead atoms. The fourth-order valence-electron chi connectivity index (χ4n) is 2.34. The summed E-state index contributed by atoms with van der Waals surface area (Å²) in [5.74, 6) is -0.546. The number of nitro groups is 1. The number of ether oxygens (including phenoxy) is 2. The maximum Gasteiger partial charge on any atom is 0.419 e. The lowest BCUT2D eigenvalue weighted by atomic mass is 10.2. The third-order valence-corrected chi connectivity index (χ3v) is 3.07. The van der Waals surface area contributed by atoms with Crippen molar-refractivity contribution in [2.75, 3.05) is 0 Å². The van der Waals surface area contributed by atoms with Gasteiger partial charge in [-0.05, 0) is 39.8 Å². The van der Waals surface area contributed by atoms with Gasteiger partial charge in [0.05, 0.1) is 11.0 Å². The van der Waals surface area contributed by atoms with Crippen LogP contribution in [0.1, 0.15) is 33.4 Å². The van der Waals surface area contributed by atoms with E-state index in [1.54, 1.807) is 33.8 Å². The SMILES string of the molecule is CC(=O)Oc1cc([N+](=O)[O-])c2c(c1)cc(C)n2C(=O)OC(C)(C)C. The molecule has 0 N–H and O–H groups in total. The Balaban J connectivity index is 2.69. The Morgan fingerprint density at radius 3 is 2.33 bits per heavy atom. The van der Waals surface area contributed by atoms with Crippen LogP contribution in [0.25, 0.3) is 10.9 Å². The first-order chi connectivity index (χ1) is 11.0. The van der Waals surface area contributed by atoms with Crippen molar-refractivity contribution in [2.24, 2.45) is 0 Å². The van der Waals surface area contributed by atoms with Crippen LogP contribution < -0.4 is 4.74 Å². The highest BCUT2D eigenvalue weighted by Crippen LogP contribution is 2.34. The minimum Gasteiger partial charge on any atom is -0.443 e. The molecule has 0 radical (unpaired) electrons. The summed E-state index contributed by atoms with van der Waals surface area (Å²) in [5.41, 5.74) is -0.514. The number of esters is 1. The van der Waals surface area contributed by atoms with Crippen molar-refractivity contribution in [3.8, 4) is 5.75 Å². The molecule has 0 aliphatic carbocycles. The number of carbonyl (C=O) groups excluding carboxylic acids is 2. The summed E-state index contributed by atoms with van der Waals surface area (Å²) in [5, 5.41) is 11.8. The van der Waals surface area contributed by atoms with Crippen molar-refractivity contribution in [1.29, 1.82) is 0 Å². The normalized spacial score (nSPS) is 11.4. The number of fused-ring (bicyclic) bond motifs is 1. The molecular weight excluding hydrogens is 316 g/mol. The van der Waals surface area contributed by atoms with E-state index in [0.717, 1.165) is 10.6 Å². The monoisotopic (exact) mass is 334 g/mol. The molecule has 0 amide bonds. The molecule has 2 rings (SSSR count). The zero-order chi connectivity index (χ0) is 18.2. The molecule has 0 atom stereocenters. The van der Waals surface area contributed by atoms with Crippen molar-refractivity contribution in [3.05, 3.63) is 34.0 Å². The van der Waals surface area contributed by atoms with E-state index in [2.05, 4.69) is 0 Å². The van der Waals surface area contributed by atoms with Crippen LogP contribution in [0.4, 0.5) is 10.5 Å². The van der Waals surface area contributed by atoms with Gasteiger partial charge < -0.3 is 9.47 Å². The first-order valence-corrected chi connectivity index (χ1v) is 7.22. The van der Waals surface area contributed by atoms with Crippen LogP contribution in [0.5, 0.6) is 5.75 Å². The largest absolute Gasteiger partial charge is 0.443 e. The van der Waals surface area contributed by atoms with Crippen molar-refractivity contribution in [1.82, 2.24) is 4.57 Å². The van der Waals surface area contributed by atoms with Gasteiger partial charge in [0.15, 0.2) is 0 Å². The lowest BCUT2D eigenvalue weighted by molar-refractivity contribution is -0.383. The van der Waals surface area contributed by atoms with Crippen molar-refractivity contribution < 1.29 is 24.0 Å². The second-order valence-electron chi connectivity index (χ2n) is 6.33. The zero-order valence-electron chi connectivity index (χ0n) is 14.1. The van der Waals surface area contributed by atoms with E-state index in [1.807, 2.05) is 0 Å². The Hall–Kier alpha value is -2.90. The molecule has 1 aromatic heterocycles. The van der Waals surface area contributed by atoms with Crippen molar-refractivity contribution in [3.63, 3.8) is 0 Å². The number of benzene rings is 1. The number of rotatable bonds is 2. The molecule has 8 nitrogen and oxygen atoms in total. The minimum absolute atomic E-state index is 0.0445. The zero-order valence-corrected chi connectivity index (χ0v) is 14.1. The molecule has 0 spiro atoms. The molecule has 0 aliphatic heterocycles. The van der Waals surface area contributed by atoms with Crippen molar-refractivity contribution in [2.45, 2.75) is 40.2 Å². The summed E-state index contributed by atoms with van der Waals surface area (Å²) in [7, 11) is 0. The van der Waals surface area contributed by atoms with Crippen LogP contribution in [0.15, 0.2) is 18.2 Å². The number of nitro benzene ring substituents is 1. The standard InChI is InChI=1S/C16H18N2O6/c1-9-6-11-7-12(23-10(2)19)8-13(18(21)22)14(11)17(9)15(20)24-16(3,4)5/h6-8H,1-5H3. The second kappa shape index (κ2) is 5.95. The Labute approximate surface area is 138 Å². The highest BCUT2D eigenvalue weighted by Gasteiger charge is 2.26. The minimum atomic E-state index is -0.743. The molecule has 24 heavy (non-hydrogen) atoms. The molecule has 8 heteroatoms. The van der Waals surface area contributed by atoms with Gasteiger partial charge in [-0.3, -0.25) is 14.9 Å². The fourth-order valence-corrected chi connectivity index (χ4v) is 2.34. The van der Waals surface area contributed by atoms with Crippen LogP contribution in [-0.4, -0.2) is 27.2 Å². The molecule has 128 valence electrons. The van der Waals surface area contributed by atoms with E-state index in [9.17, 15) is 19.7 Å². The Morgan fingerprint density at radius 2 is 1.83 bits per heavy atom. The third-order valence-electron chi connectivity index (χ3n) is 3.07. The van der Waals surface area contributed by atoms with Gasteiger partial charge in [-0.25, -0.2) is 9.36 Å². The maximum atomic E-state index is 12.4. The summed E-state index contributed by atoms with van der Waals surface area (Å²) in [6, 6.07) is 4.18. The van der Waals surface area contributed by atoms with Crippen LogP contribution in [0.3, 0.4) is 0 Å². The number of carbonyl (C=O) groups is 2. The summed E-state index contributed by atoms with van der Waals surface area (Å²) in [6.45, 7) is 7.96. The van der Waals surface area contributed by atoms with Gasteiger partial charge in [0.1, 0.15) is 16.9 Å². The van der Waals surface area contributed by atoms with Gasteiger partial charge >= 0.3 is 12.1 Å².